The number of benzene rings is 2. The van der Waals surface area contributed by atoms with Crippen molar-refractivity contribution in [1.29, 1.82) is 0 Å². The van der Waals surface area contributed by atoms with E-state index in [1.807, 2.05) is 32.0 Å². The van der Waals surface area contributed by atoms with E-state index in [0.717, 1.165) is 4.47 Å². The van der Waals surface area contributed by atoms with E-state index in [4.69, 9.17) is 9.47 Å². The number of ether oxygens (including phenoxy) is 2. The van der Waals surface area contributed by atoms with Gasteiger partial charge in [-0.3, -0.25) is 4.79 Å². The Labute approximate surface area is 188 Å². The van der Waals surface area contributed by atoms with Crippen LogP contribution >= 0.6 is 15.9 Å². The molecule has 3 aromatic rings. The van der Waals surface area contributed by atoms with Gasteiger partial charge in [-0.15, -0.1) is 0 Å². The number of rotatable bonds is 7. The topological polar surface area (TPSA) is 82.8 Å². The van der Waals surface area contributed by atoms with Crippen LogP contribution in [0.25, 0.3) is 10.9 Å². The first-order chi connectivity index (χ1) is 14.7. The first-order valence-electron chi connectivity index (χ1n) is 9.93. The number of hydrogen-bond donors (Lipinski definition) is 0. The number of aromatic nitrogens is 2. The van der Waals surface area contributed by atoms with Crippen LogP contribution in [0.15, 0.2) is 56.8 Å². The molecule has 0 aliphatic heterocycles. The van der Waals surface area contributed by atoms with Crippen LogP contribution in [0.4, 0.5) is 0 Å². The van der Waals surface area contributed by atoms with Gasteiger partial charge in [-0.25, -0.2) is 9.78 Å². The molecule has 0 amide bonds. The van der Waals surface area contributed by atoms with Crippen molar-refractivity contribution in [1.82, 2.24) is 9.66 Å². The highest BCUT2D eigenvalue weighted by molar-refractivity contribution is 9.10. The zero-order valence-corrected chi connectivity index (χ0v) is 19.4. The summed E-state index contributed by atoms with van der Waals surface area (Å²) < 4.78 is 12.7. The molecule has 7 nitrogen and oxygen atoms in total. The highest BCUT2D eigenvalue weighted by Gasteiger charge is 2.14. The Bertz CT molecular complexity index is 1190. The molecule has 0 saturated heterocycles. The second kappa shape index (κ2) is 9.87. The smallest absolute Gasteiger partial charge is 0.344 e. The standard InChI is InChI=1S/C23H24BrN3O4/c1-14(2)22-26-20-9-8-17(24)11-19(20)23(29)27(22)25-12-16-6-5-7-18(10-16)30-13-21(28)31-15(3)4/h5-12,14-15H,13H2,1-4H3. The third kappa shape index (κ3) is 5.79. The van der Waals surface area contributed by atoms with Crippen LogP contribution in [0, 0.1) is 0 Å². The van der Waals surface area contributed by atoms with Crippen molar-refractivity contribution in [3.8, 4) is 5.75 Å². The minimum atomic E-state index is -0.435. The summed E-state index contributed by atoms with van der Waals surface area (Å²) in [4.78, 5) is 29.4. The Morgan fingerprint density at radius 3 is 2.68 bits per heavy atom. The molecular weight excluding hydrogens is 462 g/mol. The van der Waals surface area contributed by atoms with E-state index >= 15 is 0 Å². The normalized spacial score (nSPS) is 11.6. The molecule has 0 atom stereocenters. The quantitative estimate of drug-likeness (QED) is 0.363. The monoisotopic (exact) mass is 485 g/mol. The van der Waals surface area contributed by atoms with Gasteiger partial charge in [0.25, 0.3) is 5.56 Å². The van der Waals surface area contributed by atoms with Crippen LogP contribution in [0.3, 0.4) is 0 Å². The van der Waals surface area contributed by atoms with Gasteiger partial charge in [-0.1, -0.05) is 41.9 Å². The maximum absolute atomic E-state index is 13.1. The highest BCUT2D eigenvalue weighted by atomic mass is 79.9. The number of esters is 1. The van der Waals surface area contributed by atoms with Crippen molar-refractivity contribution in [3.05, 3.63) is 68.7 Å². The van der Waals surface area contributed by atoms with Crippen molar-refractivity contribution in [2.24, 2.45) is 5.10 Å². The minimum Gasteiger partial charge on any atom is -0.482 e. The molecular formula is C23H24BrN3O4. The first-order valence-corrected chi connectivity index (χ1v) is 10.7. The summed E-state index contributed by atoms with van der Waals surface area (Å²) in [6.07, 6.45) is 1.37. The maximum atomic E-state index is 13.1. The van der Waals surface area contributed by atoms with Crippen LogP contribution < -0.4 is 10.3 Å². The van der Waals surface area contributed by atoms with Gasteiger partial charge in [0.05, 0.1) is 23.2 Å². The van der Waals surface area contributed by atoms with E-state index in [0.29, 0.717) is 28.0 Å². The van der Waals surface area contributed by atoms with Gasteiger partial charge in [-0.05, 0) is 49.7 Å². The minimum absolute atomic E-state index is 0.000431. The van der Waals surface area contributed by atoms with Crippen molar-refractivity contribution in [2.45, 2.75) is 39.7 Å². The van der Waals surface area contributed by atoms with E-state index in [1.165, 1.54) is 4.68 Å². The third-order valence-electron chi connectivity index (χ3n) is 4.25. The predicted octanol–water partition coefficient (Wildman–Crippen LogP) is 4.50. The van der Waals surface area contributed by atoms with Gasteiger partial charge in [0, 0.05) is 10.4 Å². The van der Waals surface area contributed by atoms with E-state index in [2.05, 4.69) is 26.0 Å². The molecule has 0 N–H and O–H groups in total. The Morgan fingerprint density at radius 2 is 1.97 bits per heavy atom. The summed E-state index contributed by atoms with van der Waals surface area (Å²) in [5.74, 6) is 0.636. The maximum Gasteiger partial charge on any atom is 0.344 e. The molecule has 162 valence electrons. The largest absolute Gasteiger partial charge is 0.482 e. The fourth-order valence-corrected chi connectivity index (χ4v) is 3.26. The molecule has 8 heteroatoms. The lowest BCUT2D eigenvalue weighted by Gasteiger charge is -2.12. The molecule has 2 aromatic carbocycles. The SMILES string of the molecule is CC(C)OC(=O)COc1cccc(C=Nn2c(C(C)C)nc3ccc(Br)cc3c2=O)c1. The number of hydrogen-bond acceptors (Lipinski definition) is 6. The van der Waals surface area contributed by atoms with E-state index in [9.17, 15) is 9.59 Å². The fourth-order valence-electron chi connectivity index (χ4n) is 2.90. The molecule has 1 heterocycles. The lowest BCUT2D eigenvalue weighted by molar-refractivity contribution is -0.149. The second-order valence-electron chi connectivity index (χ2n) is 7.55. The molecule has 0 bridgehead atoms. The van der Waals surface area contributed by atoms with Crippen LogP contribution in [0.1, 0.15) is 45.0 Å². The average Bonchev–Trinajstić information content (AvgIpc) is 2.71. The van der Waals surface area contributed by atoms with Gasteiger partial charge in [0.15, 0.2) is 6.61 Å². The molecule has 31 heavy (non-hydrogen) atoms. The lowest BCUT2D eigenvalue weighted by Crippen LogP contribution is -2.23. The summed E-state index contributed by atoms with van der Waals surface area (Å²) in [6.45, 7) is 7.30. The van der Waals surface area contributed by atoms with Crippen LogP contribution in [-0.2, 0) is 9.53 Å². The van der Waals surface area contributed by atoms with Crippen LogP contribution in [0.2, 0.25) is 0 Å². The molecule has 0 unspecified atom stereocenters. The van der Waals surface area contributed by atoms with Crippen molar-refractivity contribution in [2.75, 3.05) is 6.61 Å². The number of fused-ring (bicyclic) bond motifs is 1. The van der Waals surface area contributed by atoms with Gasteiger partial charge < -0.3 is 9.47 Å². The summed E-state index contributed by atoms with van der Waals surface area (Å²) in [7, 11) is 0. The molecule has 0 spiro atoms. The summed E-state index contributed by atoms with van der Waals surface area (Å²) in [5, 5.41) is 4.89. The Morgan fingerprint density at radius 1 is 1.19 bits per heavy atom. The molecule has 3 rings (SSSR count). The van der Waals surface area contributed by atoms with Gasteiger partial charge in [0.2, 0.25) is 0 Å². The Balaban J connectivity index is 1.89. The van der Waals surface area contributed by atoms with E-state index < -0.39 is 5.97 Å². The Kier molecular flexibility index (Phi) is 7.22. The molecule has 0 aliphatic rings. The predicted molar refractivity (Wildman–Crippen MR) is 124 cm³/mol. The lowest BCUT2D eigenvalue weighted by atomic mass is 10.2. The second-order valence-corrected chi connectivity index (χ2v) is 8.46. The first kappa shape index (κ1) is 22.7. The number of carbonyl (C=O) groups excluding carboxylic acids is 1. The van der Waals surface area contributed by atoms with E-state index in [-0.39, 0.29) is 24.2 Å². The van der Waals surface area contributed by atoms with E-state index in [1.54, 1.807) is 44.3 Å². The highest BCUT2D eigenvalue weighted by Crippen LogP contribution is 2.19. The number of carbonyl (C=O) groups is 1. The number of halogens is 1. The van der Waals surface area contributed by atoms with Gasteiger partial charge in [-0.2, -0.15) is 9.78 Å². The number of nitrogens with zero attached hydrogens (tertiary/aromatic N) is 3. The summed E-state index contributed by atoms with van der Waals surface area (Å²) >= 11 is 3.40. The zero-order valence-electron chi connectivity index (χ0n) is 17.8. The van der Waals surface area contributed by atoms with Gasteiger partial charge >= 0.3 is 5.97 Å². The molecule has 0 aliphatic carbocycles. The third-order valence-corrected chi connectivity index (χ3v) is 4.75. The van der Waals surface area contributed by atoms with Gasteiger partial charge in [0.1, 0.15) is 11.6 Å². The van der Waals surface area contributed by atoms with Crippen molar-refractivity contribution < 1.29 is 14.3 Å². The van der Waals surface area contributed by atoms with Crippen LogP contribution in [-0.4, -0.2) is 34.6 Å². The average molecular weight is 486 g/mol. The summed E-state index contributed by atoms with van der Waals surface area (Å²) in [5.41, 5.74) is 1.10. The zero-order chi connectivity index (χ0) is 22.5. The fraction of sp³-hybridized carbons (Fsp3) is 0.304. The molecule has 1 aromatic heterocycles. The van der Waals surface area contributed by atoms with Crippen molar-refractivity contribution in [3.63, 3.8) is 0 Å². The Hall–Kier alpha value is -3.00. The van der Waals surface area contributed by atoms with Crippen LogP contribution in [0.5, 0.6) is 5.75 Å². The molecule has 0 radical (unpaired) electrons. The molecule has 0 fully saturated rings. The molecule has 0 saturated carbocycles. The summed E-state index contributed by atoms with van der Waals surface area (Å²) in [6, 6.07) is 12.5. The van der Waals surface area contributed by atoms with Crippen molar-refractivity contribution >= 4 is 39.0 Å².